The fourth-order valence-corrected chi connectivity index (χ4v) is 2.51. The van der Waals surface area contributed by atoms with E-state index in [4.69, 9.17) is 0 Å². The monoisotopic (exact) mass is 262 g/mol. The minimum Gasteiger partial charge on any atom is -0.308 e. The highest BCUT2D eigenvalue weighted by Crippen LogP contribution is 2.13. The SMILES string of the molecule is CCN(CC)CCCC(C)NC(C)c1ccccc1. The maximum absolute atomic E-state index is 3.69. The summed E-state index contributed by atoms with van der Waals surface area (Å²) in [7, 11) is 0. The lowest BCUT2D eigenvalue weighted by Gasteiger charge is -2.22. The third kappa shape index (κ3) is 6.22. The first kappa shape index (κ1) is 16.2. The van der Waals surface area contributed by atoms with E-state index >= 15 is 0 Å². The number of hydrogen-bond acceptors (Lipinski definition) is 2. The Labute approximate surface area is 119 Å². The van der Waals surface area contributed by atoms with E-state index in [0.717, 1.165) is 0 Å². The maximum atomic E-state index is 3.69. The van der Waals surface area contributed by atoms with Crippen LogP contribution >= 0.6 is 0 Å². The summed E-state index contributed by atoms with van der Waals surface area (Å²) in [5.74, 6) is 0. The average molecular weight is 262 g/mol. The molecule has 1 rings (SSSR count). The van der Waals surface area contributed by atoms with E-state index in [1.54, 1.807) is 0 Å². The fourth-order valence-electron chi connectivity index (χ4n) is 2.51. The molecule has 0 aliphatic carbocycles. The van der Waals surface area contributed by atoms with Gasteiger partial charge in [-0.05, 0) is 51.9 Å². The molecule has 0 amide bonds. The molecule has 0 radical (unpaired) electrons. The van der Waals surface area contributed by atoms with Crippen molar-refractivity contribution in [3.05, 3.63) is 35.9 Å². The minimum atomic E-state index is 0.435. The van der Waals surface area contributed by atoms with Gasteiger partial charge in [0.1, 0.15) is 0 Å². The molecule has 0 heterocycles. The van der Waals surface area contributed by atoms with Gasteiger partial charge in [0.05, 0.1) is 0 Å². The predicted molar refractivity (Wildman–Crippen MR) is 84.5 cm³/mol. The number of nitrogens with one attached hydrogen (secondary N) is 1. The van der Waals surface area contributed by atoms with Crippen molar-refractivity contribution in [2.45, 2.75) is 52.6 Å². The van der Waals surface area contributed by atoms with Crippen LogP contribution in [-0.2, 0) is 0 Å². The molecule has 0 aliphatic heterocycles. The highest BCUT2D eigenvalue weighted by atomic mass is 15.1. The van der Waals surface area contributed by atoms with E-state index in [2.05, 4.69) is 68.2 Å². The quantitative estimate of drug-likeness (QED) is 0.727. The Hall–Kier alpha value is -0.860. The van der Waals surface area contributed by atoms with Crippen molar-refractivity contribution in [2.24, 2.45) is 0 Å². The zero-order valence-electron chi connectivity index (χ0n) is 13.0. The average Bonchev–Trinajstić information content (AvgIpc) is 2.44. The summed E-state index contributed by atoms with van der Waals surface area (Å²) >= 11 is 0. The van der Waals surface area contributed by atoms with Gasteiger partial charge in [-0.15, -0.1) is 0 Å². The van der Waals surface area contributed by atoms with Crippen molar-refractivity contribution in [1.29, 1.82) is 0 Å². The van der Waals surface area contributed by atoms with Crippen molar-refractivity contribution < 1.29 is 0 Å². The van der Waals surface area contributed by atoms with Crippen molar-refractivity contribution in [3.8, 4) is 0 Å². The van der Waals surface area contributed by atoms with Gasteiger partial charge in [-0.2, -0.15) is 0 Å². The number of benzene rings is 1. The van der Waals surface area contributed by atoms with Gasteiger partial charge in [-0.25, -0.2) is 0 Å². The summed E-state index contributed by atoms with van der Waals surface area (Å²) in [4.78, 5) is 2.49. The first-order chi connectivity index (χ1) is 9.17. The van der Waals surface area contributed by atoms with Crippen LogP contribution in [0.1, 0.15) is 52.1 Å². The van der Waals surface area contributed by atoms with Gasteiger partial charge in [0.15, 0.2) is 0 Å². The molecule has 2 unspecified atom stereocenters. The summed E-state index contributed by atoms with van der Waals surface area (Å²) in [6.45, 7) is 12.6. The van der Waals surface area contributed by atoms with Crippen molar-refractivity contribution >= 4 is 0 Å². The molecule has 19 heavy (non-hydrogen) atoms. The molecule has 0 spiro atoms. The van der Waals surface area contributed by atoms with E-state index in [1.807, 2.05) is 0 Å². The second kappa shape index (κ2) is 9.11. The lowest BCUT2D eigenvalue weighted by Crippen LogP contribution is -2.30. The van der Waals surface area contributed by atoms with Crippen molar-refractivity contribution in [3.63, 3.8) is 0 Å². The molecule has 2 atom stereocenters. The summed E-state index contributed by atoms with van der Waals surface area (Å²) in [6.07, 6.45) is 2.52. The summed E-state index contributed by atoms with van der Waals surface area (Å²) in [5.41, 5.74) is 1.37. The molecule has 0 aromatic heterocycles. The van der Waals surface area contributed by atoms with Gasteiger partial charge in [-0.3, -0.25) is 0 Å². The van der Waals surface area contributed by atoms with Crippen LogP contribution in [0.5, 0.6) is 0 Å². The van der Waals surface area contributed by atoms with Crippen LogP contribution in [0.4, 0.5) is 0 Å². The molecule has 2 heteroatoms. The number of nitrogens with zero attached hydrogens (tertiary/aromatic N) is 1. The number of hydrogen-bond donors (Lipinski definition) is 1. The molecular weight excluding hydrogens is 232 g/mol. The van der Waals surface area contributed by atoms with Gasteiger partial charge in [-0.1, -0.05) is 44.2 Å². The normalized spacial score (nSPS) is 14.6. The van der Waals surface area contributed by atoms with E-state index in [9.17, 15) is 0 Å². The third-order valence-electron chi connectivity index (χ3n) is 3.84. The molecule has 108 valence electrons. The van der Waals surface area contributed by atoms with Crippen LogP contribution in [-0.4, -0.2) is 30.6 Å². The van der Waals surface area contributed by atoms with Crippen LogP contribution in [0.2, 0.25) is 0 Å². The van der Waals surface area contributed by atoms with E-state index in [1.165, 1.54) is 38.0 Å². The highest BCUT2D eigenvalue weighted by Gasteiger charge is 2.09. The largest absolute Gasteiger partial charge is 0.308 e. The standard InChI is InChI=1S/C17H30N2/c1-5-19(6-2)14-10-11-15(3)18-16(4)17-12-8-7-9-13-17/h7-9,12-13,15-16,18H,5-6,10-11,14H2,1-4H3. The van der Waals surface area contributed by atoms with Crippen molar-refractivity contribution in [2.75, 3.05) is 19.6 Å². The molecule has 0 fully saturated rings. The van der Waals surface area contributed by atoms with Crippen molar-refractivity contribution in [1.82, 2.24) is 10.2 Å². The molecule has 0 saturated heterocycles. The van der Waals surface area contributed by atoms with Gasteiger partial charge in [0.25, 0.3) is 0 Å². The Balaban J connectivity index is 2.25. The third-order valence-corrected chi connectivity index (χ3v) is 3.84. The Morgan fingerprint density at radius 2 is 1.68 bits per heavy atom. The Kier molecular flexibility index (Phi) is 7.76. The van der Waals surface area contributed by atoms with Crippen LogP contribution < -0.4 is 5.32 Å². The first-order valence-corrected chi connectivity index (χ1v) is 7.70. The number of rotatable bonds is 9. The summed E-state index contributed by atoms with van der Waals surface area (Å²) in [6, 6.07) is 11.7. The summed E-state index contributed by atoms with van der Waals surface area (Å²) in [5, 5.41) is 3.69. The topological polar surface area (TPSA) is 15.3 Å². The Morgan fingerprint density at radius 3 is 2.26 bits per heavy atom. The van der Waals surface area contributed by atoms with Crippen LogP contribution in [0.25, 0.3) is 0 Å². The molecular formula is C17H30N2. The summed E-state index contributed by atoms with van der Waals surface area (Å²) < 4.78 is 0. The zero-order valence-corrected chi connectivity index (χ0v) is 13.0. The molecule has 0 aliphatic rings. The molecule has 0 bridgehead atoms. The zero-order chi connectivity index (χ0) is 14.1. The molecule has 1 N–H and O–H groups in total. The maximum Gasteiger partial charge on any atom is 0.0294 e. The van der Waals surface area contributed by atoms with Gasteiger partial charge in [0, 0.05) is 12.1 Å². The van der Waals surface area contributed by atoms with Crippen LogP contribution in [0.15, 0.2) is 30.3 Å². The van der Waals surface area contributed by atoms with Crippen LogP contribution in [0.3, 0.4) is 0 Å². The van der Waals surface area contributed by atoms with E-state index < -0.39 is 0 Å². The second-order valence-electron chi connectivity index (χ2n) is 5.37. The molecule has 1 aromatic carbocycles. The van der Waals surface area contributed by atoms with Gasteiger partial charge in [0.2, 0.25) is 0 Å². The lowest BCUT2D eigenvalue weighted by molar-refractivity contribution is 0.288. The van der Waals surface area contributed by atoms with E-state index in [-0.39, 0.29) is 0 Å². The highest BCUT2D eigenvalue weighted by molar-refractivity contribution is 5.18. The molecule has 0 saturated carbocycles. The smallest absolute Gasteiger partial charge is 0.0294 e. The minimum absolute atomic E-state index is 0.435. The van der Waals surface area contributed by atoms with Gasteiger partial charge < -0.3 is 10.2 Å². The first-order valence-electron chi connectivity index (χ1n) is 7.70. The fraction of sp³-hybridized carbons (Fsp3) is 0.647. The Morgan fingerprint density at radius 1 is 1.05 bits per heavy atom. The van der Waals surface area contributed by atoms with Crippen LogP contribution in [0, 0.1) is 0 Å². The molecule has 2 nitrogen and oxygen atoms in total. The molecule has 1 aromatic rings. The lowest BCUT2D eigenvalue weighted by atomic mass is 10.1. The van der Waals surface area contributed by atoms with Gasteiger partial charge >= 0.3 is 0 Å². The van der Waals surface area contributed by atoms with E-state index in [0.29, 0.717) is 12.1 Å². The predicted octanol–water partition coefficient (Wildman–Crippen LogP) is 3.85. The second-order valence-corrected chi connectivity index (χ2v) is 5.37. The Bertz CT molecular complexity index is 319.